The van der Waals surface area contributed by atoms with Crippen molar-refractivity contribution in [2.75, 3.05) is 13.1 Å². The lowest BCUT2D eigenvalue weighted by Gasteiger charge is -2.16. The molecule has 1 aromatic rings. The Hall–Kier alpha value is -2.05. The molecule has 0 aromatic carbocycles. The number of aromatic nitrogens is 2. The number of carboxylic acid groups (broad SMARTS) is 1. The Kier molecular flexibility index (Phi) is 3.50. The van der Waals surface area contributed by atoms with E-state index in [1.165, 1.54) is 0 Å². The Morgan fingerprint density at radius 2 is 2.39 bits per heavy atom. The van der Waals surface area contributed by atoms with E-state index in [4.69, 9.17) is 5.11 Å². The molecule has 1 aliphatic heterocycles. The highest BCUT2D eigenvalue weighted by atomic mass is 16.4. The fourth-order valence-corrected chi connectivity index (χ4v) is 2.12. The summed E-state index contributed by atoms with van der Waals surface area (Å²) in [6.07, 6.45) is 3.33. The predicted molar refractivity (Wildman–Crippen MR) is 62.7 cm³/mol. The van der Waals surface area contributed by atoms with Crippen LogP contribution < -0.4 is 5.32 Å². The average molecular weight is 252 g/mol. The summed E-state index contributed by atoms with van der Waals surface area (Å²) < 4.78 is 0. The summed E-state index contributed by atoms with van der Waals surface area (Å²) in [7, 11) is 0. The molecule has 98 valence electrons. The molecule has 0 radical (unpaired) electrons. The van der Waals surface area contributed by atoms with Crippen LogP contribution in [0.3, 0.4) is 0 Å². The number of carbonyl (C=O) groups is 2. The summed E-state index contributed by atoms with van der Waals surface area (Å²) in [5.41, 5.74) is 0.880. The van der Waals surface area contributed by atoms with Crippen molar-refractivity contribution < 1.29 is 14.7 Å². The van der Waals surface area contributed by atoms with Crippen LogP contribution in [0, 0.1) is 11.8 Å². The van der Waals surface area contributed by atoms with E-state index < -0.39 is 11.9 Å². The van der Waals surface area contributed by atoms with Crippen molar-refractivity contribution in [2.24, 2.45) is 11.8 Å². The van der Waals surface area contributed by atoms with Crippen molar-refractivity contribution in [3.8, 4) is 0 Å². The number of aromatic amines is 1. The summed E-state index contributed by atoms with van der Waals surface area (Å²) >= 11 is 0. The second kappa shape index (κ2) is 5.07. The van der Waals surface area contributed by atoms with Crippen LogP contribution in [-0.2, 0) is 11.3 Å². The van der Waals surface area contributed by atoms with Crippen LogP contribution in [0.1, 0.15) is 12.5 Å². The lowest BCUT2D eigenvalue weighted by Crippen LogP contribution is -2.38. The number of hydrogen-bond acceptors (Lipinski definition) is 3. The molecule has 7 heteroatoms. The summed E-state index contributed by atoms with van der Waals surface area (Å²) in [6.45, 7) is 2.99. The summed E-state index contributed by atoms with van der Waals surface area (Å²) in [5.74, 6) is -1.32. The zero-order valence-electron chi connectivity index (χ0n) is 10.1. The van der Waals surface area contributed by atoms with E-state index in [0.717, 1.165) is 5.56 Å². The van der Waals surface area contributed by atoms with E-state index in [0.29, 0.717) is 13.1 Å². The van der Waals surface area contributed by atoms with Gasteiger partial charge >= 0.3 is 12.0 Å². The lowest BCUT2D eigenvalue weighted by molar-refractivity contribution is -0.142. The Morgan fingerprint density at radius 3 is 2.94 bits per heavy atom. The Morgan fingerprint density at radius 1 is 1.61 bits per heavy atom. The summed E-state index contributed by atoms with van der Waals surface area (Å²) in [4.78, 5) is 24.3. The zero-order valence-corrected chi connectivity index (χ0v) is 10.1. The van der Waals surface area contributed by atoms with E-state index in [-0.39, 0.29) is 18.5 Å². The van der Waals surface area contributed by atoms with Crippen LogP contribution in [-0.4, -0.2) is 45.3 Å². The molecule has 2 heterocycles. The van der Waals surface area contributed by atoms with E-state index in [1.807, 2.05) is 6.92 Å². The van der Waals surface area contributed by atoms with Gasteiger partial charge in [-0.15, -0.1) is 0 Å². The second-order valence-electron chi connectivity index (χ2n) is 4.59. The van der Waals surface area contributed by atoms with Gasteiger partial charge in [0.05, 0.1) is 12.1 Å². The molecule has 2 rings (SSSR count). The van der Waals surface area contributed by atoms with E-state index in [9.17, 15) is 9.59 Å². The number of urea groups is 1. The van der Waals surface area contributed by atoms with Crippen LogP contribution in [0.4, 0.5) is 4.79 Å². The molecule has 18 heavy (non-hydrogen) atoms. The minimum Gasteiger partial charge on any atom is -0.481 e. The number of aliphatic carboxylic acids is 1. The smallest absolute Gasteiger partial charge is 0.317 e. The number of carboxylic acids is 1. The van der Waals surface area contributed by atoms with E-state index >= 15 is 0 Å². The van der Waals surface area contributed by atoms with Crippen LogP contribution in [0.25, 0.3) is 0 Å². The van der Waals surface area contributed by atoms with Crippen molar-refractivity contribution in [1.82, 2.24) is 20.4 Å². The molecule has 0 spiro atoms. The van der Waals surface area contributed by atoms with Gasteiger partial charge in [-0.05, 0) is 5.92 Å². The number of nitrogens with one attached hydrogen (secondary N) is 2. The molecule has 1 saturated heterocycles. The molecule has 3 N–H and O–H groups in total. The van der Waals surface area contributed by atoms with Gasteiger partial charge in [0.1, 0.15) is 0 Å². The van der Waals surface area contributed by atoms with Crippen LogP contribution >= 0.6 is 0 Å². The Balaban J connectivity index is 1.85. The van der Waals surface area contributed by atoms with E-state index in [1.54, 1.807) is 17.3 Å². The van der Waals surface area contributed by atoms with Crippen molar-refractivity contribution in [2.45, 2.75) is 13.5 Å². The monoisotopic (exact) mass is 252 g/mol. The minimum absolute atomic E-state index is 0.0119. The van der Waals surface area contributed by atoms with Crippen LogP contribution in [0.2, 0.25) is 0 Å². The number of carbonyl (C=O) groups excluding carboxylic acids is 1. The normalized spacial score (nSPS) is 23.1. The fraction of sp³-hybridized carbons (Fsp3) is 0.545. The number of rotatable bonds is 3. The van der Waals surface area contributed by atoms with Crippen molar-refractivity contribution >= 4 is 12.0 Å². The second-order valence-corrected chi connectivity index (χ2v) is 4.59. The van der Waals surface area contributed by atoms with Gasteiger partial charge in [-0.25, -0.2) is 4.79 Å². The number of hydrogen-bond donors (Lipinski definition) is 3. The largest absolute Gasteiger partial charge is 0.481 e. The first-order valence-corrected chi connectivity index (χ1v) is 5.81. The standard InChI is InChI=1S/C11H16N4O3/c1-7-5-15(6-9(7)10(16)17)11(18)12-2-8-3-13-14-4-8/h3-4,7,9H,2,5-6H2,1H3,(H,12,18)(H,13,14)(H,16,17)/t7-,9-/m1/s1. The van der Waals surface area contributed by atoms with Gasteiger partial charge in [-0.1, -0.05) is 6.92 Å². The van der Waals surface area contributed by atoms with Crippen molar-refractivity contribution in [3.63, 3.8) is 0 Å². The number of nitrogens with zero attached hydrogens (tertiary/aromatic N) is 2. The first kappa shape index (κ1) is 12.4. The Bertz CT molecular complexity index is 432. The maximum Gasteiger partial charge on any atom is 0.317 e. The third kappa shape index (κ3) is 2.61. The number of amides is 2. The van der Waals surface area contributed by atoms with Gasteiger partial charge in [0, 0.05) is 31.4 Å². The third-order valence-electron chi connectivity index (χ3n) is 3.22. The molecule has 2 atom stereocenters. The van der Waals surface area contributed by atoms with E-state index in [2.05, 4.69) is 15.5 Å². The molecule has 0 aliphatic carbocycles. The summed E-state index contributed by atoms with van der Waals surface area (Å²) in [6, 6.07) is -0.230. The quantitative estimate of drug-likeness (QED) is 0.719. The maximum atomic E-state index is 11.8. The van der Waals surface area contributed by atoms with Crippen LogP contribution in [0.15, 0.2) is 12.4 Å². The van der Waals surface area contributed by atoms with Gasteiger partial charge in [0.2, 0.25) is 0 Å². The number of likely N-dealkylation sites (tertiary alicyclic amines) is 1. The summed E-state index contributed by atoms with van der Waals surface area (Å²) in [5, 5.41) is 18.2. The molecule has 1 aliphatic rings. The lowest BCUT2D eigenvalue weighted by atomic mass is 9.99. The van der Waals surface area contributed by atoms with Gasteiger partial charge in [-0.2, -0.15) is 5.10 Å². The first-order chi connectivity index (χ1) is 8.58. The highest BCUT2D eigenvalue weighted by molar-refractivity contribution is 5.77. The maximum absolute atomic E-state index is 11.8. The topological polar surface area (TPSA) is 98.3 Å². The van der Waals surface area contributed by atoms with Gasteiger partial charge in [0.15, 0.2) is 0 Å². The van der Waals surface area contributed by atoms with Gasteiger partial charge in [-0.3, -0.25) is 9.89 Å². The van der Waals surface area contributed by atoms with Gasteiger partial charge in [0.25, 0.3) is 0 Å². The SMILES string of the molecule is C[C@@H]1CN(C(=O)NCc2cn[nH]c2)C[C@H]1C(=O)O. The molecule has 0 saturated carbocycles. The zero-order chi connectivity index (χ0) is 13.1. The average Bonchev–Trinajstić information content (AvgIpc) is 2.94. The fourth-order valence-electron chi connectivity index (χ4n) is 2.12. The molecule has 0 bridgehead atoms. The highest BCUT2D eigenvalue weighted by Gasteiger charge is 2.36. The number of H-pyrrole nitrogens is 1. The van der Waals surface area contributed by atoms with Gasteiger partial charge < -0.3 is 15.3 Å². The van der Waals surface area contributed by atoms with Crippen molar-refractivity contribution in [3.05, 3.63) is 18.0 Å². The molecule has 0 unspecified atom stereocenters. The predicted octanol–water partition coefficient (Wildman–Crippen LogP) is 0.272. The molecule has 7 nitrogen and oxygen atoms in total. The minimum atomic E-state index is -0.840. The van der Waals surface area contributed by atoms with Crippen LogP contribution in [0.5, 0.6) is 0 Å². The molecular formula is C11H16N4O3. The molecule has 2 amide bonds. The molecular weight excluding hydrogens is 236 g/mol. The molecule has 1 aromatic heterocycles. The van der Waals surface area contributed by atoms with Crippen molar-refractivity contribution in [1.29, 1.82) is 0 Å². The molecule has 1 fully saturated rings. The third-order valence-corrected chi connectivity index (χ3v) is 3.22. The first-order valence-electron chi connectivity index (χ1n) is 5.81. The highest BCUT2D eigenvalue weighted by Crippen LogP contribution is 2.22. The Labute approximate surface area is 104 Å².